The van der Waals surface area contributed by atoms with Crippen molar-refractivity contribution in [2.24, 2.45) is 0 Å². The van der Waals surface area contributed by atoms with Crippen LogP contribution in [0.4, 0.5) is 0 Å². The first kappa shape index (κ1) is 21.5. The summed E-state index contributed by atoms with van der Waals surface area (Å²) >= 11 is 5.20. The van der Waals surface area contributed by atoms with Gasteiger partial charge in [0.2, 0.25) is 5.91 Å². The van der Waals surface area contributed by atoms with Crippen LogP contribution in [0.25, 0.3) is 0 Å². The lowest BCUT2D eigenvalue weighted by atomic mass is 9.98. The molecule has 1 aliphatic heterocycles. The number of benzene rings is 1. The summed E-state index contributed by atoms with van der Waals surface area (Å²) in [6.07, 6.45) is 8.20. The van der Waals surface area contributed by atoms with Gasteiger partial charge in [-0.3, -0.25) is 9.59 Å². The molecule has 0 bridgehead atoms. The first-order valence-electron chi connectivity index (χ1n) is 9.59. The van der Waals surface area contributed by atoms with Crippen molar-refractivity contribution in [3.05, 3.63) is 29.3 Å². The molecule has 0 fully saturated rings. The highest BCUT2D eigenvalue weighted by molar-refractivity contribution is 9.09. The summed E-state index contributed by atoms with van der Waals surface area (Å²) < 4.78 is -0.0337. The number of carbonyl (C=O) groups is 2. The molecule has 3 nitrogen and oxygen atoms in total. The number of hydrogen-bond acceptors (Lipinski definition) is 3. The first-order chi connectivity index (χ1) is 12.4. The van der Waals surface area contributed by atoms with Crippen molar-refractivity contribution in [2.75, 3.05) is 5.33 Å². The number of nitrogens with one attached hydrogen (secondary N) is 1. The van der Waals surface area contributed by atoms with E-state index in [1.54, 1.807) is 11.8 Å². The predicted molar refractivity (Wildman–Crippen MR) is 113 cm³/mol. The maximum absolute atomic E-state index is 12.4. The minimum Gasteiger partial charge on any atom is -0.352 e. The van der Waals surface area contributed by atoms with E-state index in [0.29, 0.717) is 19.4 Å². The van der Waals surface area contributed by atoms with E-state index in [0.717, 1.165) is 34.2 Å². The van der Waals surface area contributed by atoms with E-state index in [-0.39, 0.29) is 16.4 Å². The lowest BCUT2D eigenvalue weighted by Gasteiger charge is -2.29. The van der Waals surface area contributed by atoms with Gasteiger partial charge in [0.1, 0.15) is 0 Å². The minimum absolute atomic E-state index is 0.0337. The molecule has 2 rings (SSSR count). The summed E-state index contributed by atoms with van der Waals surface area (Å²) in [6.45, 7) is 4.71. The average molecular weight is 440 g/mol. The second kappa shape index (κ2) is 10.5. The SMILES string of the molecule is CC1(C)CC(=O)c2cc(CNC(=O)CCCCCCCCBr)ccc2S1. The maximum atomic E-state index is 12.4. The largest absolute Gasteiger partial charge is 0.352 e. The molecule has 0 aromatic heterocycles. The molecule has 1 N–H and O–H groups in total. The standard InChI is InChI=1S/C21H30BrNO2S/c1-21(2)14-18(24)17-13-16(10-11-19(17)26-21)15-23-20(25)9-7-5-3-4-6-8-12-22/h10-11,13H,3-9,12,14-15H2,1-2H3,(H,23,25). The molecule has 144 valence electrons. The van der Waals surface area contributed by atoms with E-state index in [1.807, 2.05) is 18.2 Å². The number of ketones is 1. The molecule has 1 aromatic carbocycles. The molecular formula is C21H30BrNO2S. The smallest absolute Gasteiger partial charge is 0.220 e. The van der Waals surface area contributed by atoms with Gasteiger partial charge in [-0.2, -0.15) is 0 Å². The van der Waals surface area contributed by atoms with Gasteiger partial charge in [0.25, 0.3) is 0 Å². The molecule has 1 aromatic rings. The number of fused-ring (bicyclic) bond motifs is 1. The summed E-state index contributed by atoms with van der Waals surface area (Å²) in [6, 6.07) is 5.99. The van der Waals surface area contributed by atoms with Gasteiger partial charge in [0.15, 0.2) is 5.78 Å². The van der Waals surface area contributed by atoms with Crippen LogP contribution in [0.3, 0.4) is 0 Å². The van der Waals surface area contributed by atoms with Crippen LogP contribution in [0.2, 0.25) is 0 Å². The number of thioether (sulfide) groups is 1. The zero-order chi connectivity index (χ0) is 19.0. The first-order valence-corrected chi connectivity index (χ1v) is 11.5. The number of amides is 1. The van der Waals surface area contributed by atoms with Gasteiger partial charge in [-0.25, -0.2) is 0 Å². The molecule has 0 saturated heterocycles. The molecule has 1 amide bonds. The van der Waals surface area contributed by atoms with E-state index >= 15 is 0 Å². The Morgan fingerprint density at radius 1 is 1.15 bits per heavy atom. The number of carbonyl (C=O) groups excluding carboxylic acids is 2. The van der Waals surface area contributed by atoms with Crippen molar-refractivity contribution in [1.82, 2.24) is 5.32 Å². The van der Waals surface area contributed by atoms with Crippen molar-refractivity contribution >= 4 is 39.4 Å². The van der Waals surface area contributed by atoms with Gasteiger partial charge < -0.3 is 5.32 Å². The van der Waals surface area contributed by atoms with Gasteiger partial charge in [-0.1, -0.05) is 47.7 Å². The Bertz CT molecular complexity index is 630. The van der Waals surface area contributed by atoms with Crippen molar-refractivity contribution in [3.8, 4) is 0 Å². The Morgan fingerprint density at radius 3 is 2.58 bits per heavy atom. The molecular weight excluding hydrogens is 410 g/mol. The average Bonchev–Trinajstić information content (AvgIpc) is 2.58. The number of alkyl halides is 1. The number of hydrogen-bond donors (Lipinski definition) is 1. The van der Waals surface area contributed by atoms with E-state index in [4.69, 9.17) is 0 Å². The van der Waals surface area contributed by atoms with Crippen molar-refractivity contribution in [2.45, 2.75) is 81.4 Å². The Morgan fingerprint density at radius 2 is 1.85 bits per heavy atom. The molecule has 0 atom stereocenters. The number of unbranched alkanes of at least 4 members (excludes halogenated alkanes) is 5. The Balaban J connectivity index is 1.72. The summed E-state index contributed by atoms with van der Waals surface area (Å²) in [5.74, 6) is 0.307. The molecule has 1 heterocycles. The van der Waals surface area contributed by atoms with Crippen LogP contribution in [-0.2, 0) is 11.3 Å². The van der Waals surface area contributed by atoms with Crippen LogP contribution in [0, 0.1) is 0 Å². The van der Waals surface area contributed by atoms with Gasteiger partial charge >= 0.3 is 0 Å². The van der Waals surface area contributed by atoms with Gasteiger partial charge in [0.05, 0.1) is 0 Å². The Hall–Kier alpha value is -0.810. The highest BCUT2D eigenvalue weighted by atomic mass is 79.9. The van der Waals surface area contributed by atoms with Crippen LogP contribution in [-0.4, -0.2) is 21.8 Å². The second-order valence-corrected chi connectivity index (χ2v) is 10.2. The lowest BCUT2D eigenvalue weighted by Crippen LogP contribution is -2.26. The molecule has 0 spiro atoms. The third-order valence-electron chi connectivity index (χ3n) is 4.59. The van der Waals surface area contributed by atoms with Crippen molar-refractivity contribution in [3.63, 3.8) is 0 Å². The highest BCUT2D eigenvalue weighted by Crippen LogP contribution is 2.42. The fourth-order valence-electron chi connectivity index (χ4n) is 3.19. The van der Waals surface area contributed by atoms with Crippen LogP contribution in [0.5, 0.6) is 0 Å². The summed E-state index contributed by atoms with van der Waals surface area (Å²) in [5.41, 5.74) is 1.81. The topological polar surface area (TPSA) is 46.2 Å². The van der Waals surface area contributed by atoms with E-state index < -0.39 is 0 Å². The van der Waals surface area contributed by atoms with Crippen LogP contribution < -0.4 is 5.32 Å². The van der Waals surface area contributed by atoms with E-state index in [9.17, 15) is 9.59 Å². The van der Waals surface area contributed by atoms with Gasteiger partial charge in [-0.15, -0.1) is 11.8 Å². The predicted octanol–water partition coefficient (Wildman–Crippen LogP) is 5.89. The molecule has 0 aliphatic carbocycles. The zero-order valence-electron chi connectivity index (χ0n) is 15.9. The quantitative estimate of drug-likeness (QED) is 0.365. The summed E-state index contributed by atoms with van der Waals surface area (Å²) in [5, 5.41) is 4.07. The molecule has 0 saturated carbocycles. The van der Waals surface area contributed by atoms with Crippen LogP contribution in [0.1, 0.15) is 81.1 Å². The number of rotatable bonds is 10. The van der Waals surface area contributed by atoms with E-state index in [1.165, 1.54) is 25.7 Å². The second-order valence-electron chi connectivity index (χ2n) is 7.63. The monoisotopic (exact) mass is 439 g/mol. The number of halogens is 1. The van der Waals surface area contributed by atoms with Crippen molar-refractivity contribution < 1.29 is 9.59 Å². The third-order valence-corrected chi connectivity index (χ3v) is 6.43. The van der Waals surface area contributed by atoms with E-state index in [2.05, 4.69) is 35.1 Å². The minimum atomic E-state index is -0.0337. The Labute approximate surface area is 170 Å². The molecule has 5 heteroatoms. The molecule has 0 radical (unpaired) electrons. The summed E-state index contributed by atoms with van der Waals surface area (Å²) in [7, 11) is 0. The van der Waals surface area contributed by atoms with Crippen LogP contribution in [0.15, 0.2) is 23.1 Å². The lowest BCUT2D eigenvalue weighted by molar-refractivity contribution is -0.121. The number of Topliss-reactive ketones (excluding diaryl/α,β-unsaturated/α-hetero) is 1. The van der Waals surface area contributed by atoms with Crippen LogP contribution >= 0.6 is 27.7 Å². The maximum Gasteiger partial charge on any atom is 0.220 e. The fourth-order valence-corrected chi connectivity index (χ4v) is 4.80. The fraction of sp³-hybridized carbons (Fsp3) is 0.619. The van der Waals surface area contributed by atoms with Gasteiger partial charge in [0, 0.05) is 39.9 Å². The van der Waals surface area contributed by atoms with Gasteiger partial charge in [-0.05, 0) is 44.4 Å². The highest BCUT2D eigenvalue weighted by Gasteiger charge is 2.31. The molecule has 1 aliphatic rings. The third kappa shape index (κ3) is 7.07. The van der Waals surface area contributed by atoms with Crippen molar-refractivity contribution in [1.29, 1.82) is 0 Å². The molecule has 26 heavy (non-hydrogen) atoms. The molecule has 0 unspecified atom stereocenters. The summed E-state index contributed by atoms with van der Waals surface area (Å²) in [4.78, 5) is 25.4. The normalized spacial score (nSPS) is 15.6. The zero-order valence-corrected chi connectivity index (χ0v) is 18.3. The Kier molecular flexibility index (Phi) is 8.68.